The third-order valence-corrected chi connectivity index (χ3v) is 3.54. The molecule has 2 unspecified atom stereocenters. The van der Waals surface area contributed by atoms with E-state index in [4.69, 9.17) is 10.5 Å². The molecule has 19 heavy (non-hydrogen) atoms. The molecule has 2 atom stereocenters. The number of hydrogen-bond donors (Lipinski definition) is 2. The fourth-order valence-corrected chi connectivity index (χ4v) is 2.33. The summed E-state index contributed by atoms with van der Waals surface area (Å²) >= 11 is 0. The normalized spacial score (nSPS) is 14.5. The molecule has 108 valence electrons. The SMILES string of the molecule is CNC(CCC(C)N)c1ccc(OC)c(C(C)C)c1. The highest BCUT2D eigenvalue weighted by molar-refractivity contribution is 5.40. The van der Waals surface area contributed by atoms with Gasteiger partial charge in [0, 0.05) is 12.1 Å². The van der Waals surface area contributed by atoms with Crippen LogP contribution in [0.1, 0.15) is 56.7 Å². The lowest BCUT2D eigenvalue weighted by molar-refractivity contribution is 0.406. The lowest BCUT2D eigenvalue weighted by atomic mass is 9.94. The van der Waals surface area contributed by atoms with Gasteiger partial charge < -0.3 is 15.8 Å². The molecule has 3 heteroatoms. The van der Waals surface area contributed by atoms with Gasteiger partial charge in [-0.05, 0) is 49.9 Å². The first-order valence-corrected chi connectivity index (χ1v) is 7.10. The minimum Gasteiger partial charge on any atom is -0.496 e. The van der Waals surface area contributed by atoms with Crippen LogP contribution in [-0.4, -0.2) is 20.2 Å². The van der Waals surface area contributed by atoms with Crippen LogP contribution in [0.15, 0.2) is 18.2 Å². The summed E-state index contributed by atoms with van der Waals surface area (Å²) in [5, 5.41) is 3.38. The standard InChI is InChI=1S/C16H28N2O/c1-11(2)14-10-13(7-9-16(14)19-5)15(18-4)8-6-12(3)17/h7,9-12,15,18H,6,8,17H2,1-5H3. The van der Waals surface area contributed by atoms with E-state index in [0.29, 0.717) is 12.0 Å². The molecule has 3 N–H and O–H groups in total. The molecule has 0 spiro atoms. The van der Waals surface area contributed by atoms with Gasteiger partial charge in [0.1, 0.15) is 5.75 Å². The molecule has 0 aromatic heterocycles. The zero-order chi connectivity index (χ0) is 14.4. The van der Waals surface area contributed by atoms with Gasteiger partial charge in [-0.3, -0.25) is 0 Å². The van der Waals surface area contributed by atoms with Crippen LogP contribution in [-0.2, 0) is 0 Å². The van der Waals surface area contributed by atoms with Crippen molar-refractivity contribution in [2.45, 2.75) is 51.6 Å². The first kappa shape index (κ1) is 16.0. The maximum Gasteiger partial charge on any atom is 0.122 e. The third kappa shape index (κ3) is 4.51. The molecule has 1 aromatic carbocycles. The van der Waals surface area contributed by atoms with Gasteiger partial charge in [-0.2, -0.15) is 0 Å². The Balaban J connectivity index is 2.95. The number of rotatable bonds is 7. The average Bonchev–Trinajstić information content (AvgIpc) is 2.38. The predicted octanol–water partition coefficient (Wildman–Crippen LogP) is 3.21. The molecule has 3 nitrogen and oxygen atoms in total. The van der Waals surface area contributed by atoms with E-state index in [1.807, 2.05) is 7.05 Å². The highest BCUT2D eigenvalue weighted by atomic mass is 16.5. The topological polar surface area (TPSA) is 47.3 Å². The lowest BCUT2D eigenvalue weighted by Crippen LogP contribution is -2.21. The van der Waals surface area contributed by atoms with Crippen molar-refractivity contribution >= 4 is 0 Å². The van der Waals surface area contributed by atoms with E-state index in [1.54, 1.807) is 7.11 Å². The average molecular weight is 264 g/mol. The summed E-state index contributed by atoms with van der Waals surface area (Å²) in [5.74, 6) is 1.43. The number of hydrogen-bond acceptors (Lipinski definition) is 3. The van der Waals surface area contributed by atoms with Crippen LogP contribution in [0, 0.1) is 0 Å². The van der Waals surface area contributed by atoms with E-state index in [0.717, 1.165) is 18.6 Å². The fourth-order valence-electron chi connectivity index (χ4n) is 2.33. The summed E-state index contributed by atoms with van der Waals surface area (Å²) in [6, 6.07) is 7.08. The van der Waals surface area contributed by atoms with Gasteiger partial charge in [0.15, 0.2) is 0 Å². The molecule has 1 rings (SSSR count). The Kier molecular flexibility index (Phi) is 6.32. The highest BCUT2D eigenvalue weighted by Gasteiger charge is 2.14. The van der Waals surface area contributed by atoms with Gasteiger partial charge in [-0.1, -0.05) is 26.0 Å². The number of nitrogens with two attached hydrogens (primary N) is 1. The first-order chi connectivity index (χ1) is 8.99. The second-order valence-electron chi connectivity index (χ2n) is 5.55. The Morgan fingerprint density at radius 1 is 1.21 bits per heavy atom. The third-order valence-electron chi connectivity index (χ3n) is 3.54. The van der Waals surface area contributed by atoms with Gasteiger partial charge in [-0.25, -0.2) is 0 Å². The molecule has 0 heterocycles. The molecule has 0 saturated carbocycles. The molecule has 0 radical (unpaired) electrons. The maximum absolute atomic E-state index is 5.85. The summed E-state index contributed by atoms with van der Waals surface area (Å²) in [6.07, 6.45) is 2.08. The molecule has 0 aliphatic heterocycles. The van der Waals surface area contributed by atoms with Gasteiger partial charge in [0.2, 0.25) is 0 Å². The minimum absolute atomic E-state index is 0.249. The summed E-state index contributed by atoms with van der Waals surface area (Å²) in [4.78, 5) is 0. The van der Waals surface area contributed by atoms with Crippen molar-refractivity contribution < 1.29 is 4.74 Å². The van der Waals surface area contributed by atoms with Crippen LogP contribution < -0.4 is 15.8 Å². The van der Waals surface area contributed by atoms with Crippen molar-refractivity contribution in [1.82, 2.24) is 5.32 Å². The van der Waals surface area contributed by atoms with Crippen LogP contribution in [0.2, 0.25) is 0 Å². The molecular weight excluding hydrogens is 236 g/mol. The lowest BCUT2D eigenvalue weighted by Gasteiger charge is -2.20. The molecule has 0 aliphatic carbocycles. The Morgan fingerprint density at radius 2 is 1.89 bits per heavy atom. The zero-order valence-electron chi connectivity index (χ0n) is 12.9. The number of methoxy groups -OCH3 is 1. The van der Waals surface area contributed by atoms with Crippen molar-refractivity contribution in [3.8, 4) is 5.75 Å². The monoisotopic (exact) mass is 264 g/mol. The highest BCUT2D eigenvalue weighted by Crippen LogP contribution is 2.30. The largest absolute Gasteiger partial charge is 0.496 e. The quantitative estimate of drug-likeness (QED) is 0.795. The molecule has 0 saturated heterocycles. The second-order valence-corrected chi connectivity index (χ2v) is 5.55. The summed E-state index contributed by atoms with van der Waals surface area (Å²) in [6.45, 7) is 6.44. The molecule has 0 amide bonds. The van der Waals surface area contributed by atoms with Crippen LogP contribution >= 0.6 is 0 Å². The Bertz CT molecular complexity index is 388. The van der Waals surface area contributed by atoms with E-state index in [9.17, 15) is 0 Å². The van der Waals surface area contributed by atoms with Crippen molar-refractivity contribution in [1.29, 1.82) is 0 Å². The van der Waals surface area contributed by atoms with E-state index in [2.05, 4.69) is 44.3 Å². The Hall–Kier alpha value is -1.06. The van der Waals surface area contributed by atoms with E-state index in [1.165, 1.54) is 11.1 Å². The molecule has 0 bridgehead atoms. The summed E-state index contributed by atoms with van der Waals surface area (Å²) in [5.41, 5.74) is 8.43. The number of benzene rings is 1. The van der Waals surface area contributed by atoms with Gasteiger partial charge in [0.05, 0.1) is 7.11 Å². The van der Waals surface area contributed by atoms with E-state index in [-0.39, 0.29) is 6.04 Å². The minimum atomic E-state index is 0.249. The summed E-state index contributed by atoms with van der Waals surface area (Å²) in [7, 11) is 3.73. The van der Waals surface area contributed by atoms with Crippen LogP contribution in [0.3, 0.4) is 0 Å². The zero-order valence-corrected chi connectivity index (χ0v) is 12.9. The van der Waals surface area contributed by atoms with E-state index < -0.39 is 0 Å². The van der Waals surface area contributed by atoms with Crippen molar-refractivity contribution in [3.05, 3.63) is 29.3 Å². The van der Waals surface area contributed by atoms with Gasteiger partial charge >= 0.3 is 0 Å². The van der Waals surface area contributed by atoms with E-state index >= 15 is 0 Å². The Labute approximate surface area is 117 Å². The number of ether oxygens (including phenoxy) is 1. The second kappa shape index (κ2) is 7.51. The molecule has 0 fully saturated rings. The van der Waals surface area contributed by atoms with Crippen LogP contribution in [0.25, 0.3) is 0 Å². The maximum atomic E-state index is 5.85. The fraction of sp³-hybridized carbons (Fsp3) is 0.625. The van der Waals surface area contributed by atoms with Crippen LogP contribution in [0.5, 0.6) is 5.75 Å². The molecule has 0 aliphatic rings. The van der Waals surface area contributed by atoms with Gasteiger partial charge in [-0.15, -0.1) is 0 Å². The van der Waals surface area contributed by atoms with Crippen molar-refractivity contribution in [3.63, 3.8) is 0 Å². The summed E-state index contributed by atoms with van der Waals surface area (Å²) < 4.78 is 5.43. The molecular formula is C16H28N2O. The Morgan fingerprint density at radius 3 is 2.37 bits per heavy atom. The van der Waals surface area contributed by atoms with Crippen molar-refractivity contribution in [2.75, 3.05) is 14.2 Å². The first-order valence-electron chi connectivity index (χ1n) is 7.10. The molecule has 1 aromatic rings. The van der Waals surface area contributed by atoms with Crippen LogP contribution in [0.4, 0.5) is 0 Å². The smallest absolute Gasteiger partial charge is 0.122 e. The van der Waals surface area contributed by atoms with Crippen molar-refractivity contribution in [2.24, 2.45) is 5.73 Å². The predicted molar refractivity (Wildman–Crippen MR) is 81.8 cm³/mol. The van der Waals surface area contributed by atoms with Gasteiger partial charge in [0.25, 0.3) is 0 Å². The number of nitrogens with one attached hydrogen (secondary N) is 1.